The first-order valence-corrected chi connectivity index (χ1v) is 16.2. The summed E-state index contributed by atoms with van der Waals surface area (Å²) in [5.41, 5.74) is 7.40. The highest BCUT2D eigenvalue weighted by molar-refractivity contribution is 6.19. The summed E-state index contributed by atoms with van der Waals surface area (Å²) in [6.45, 7) is 0. The molecule has 0 radical (unpaired) electrons. The lowest BCUT2D eigenvalue weighted by molar-refractivity contribution is 1.08. The Hall–Kier alpha value is -6.45. The van der Waals surface area contributed by atoms with Crippen molar-refractivity contribution in [2.24, 2.45) is 0 Å². The van der Waals surface area contributed by atoms with Crippen LogP contribution in [0.1, 0.15) is 0 Å². The second kappa shape index (κ2) is 11.7. The minimum absolute atomic E-state index is 0.640. The number of fused-ring (bicyclic) bond motifs is 5. The van der Waals surface area contributed by atoms with Gasteiger partial charge in [-0.25, -0.2) is 15.0 Å². The summed E-state index contributed by atoms with van der Waals surface area (Å²) in [5, 5.41) is 7.24. The van der Waals surface area contributed by atoms with Crippen LogP contribution >= 0.6 is 0 Å². The predicted molar refractivity (Wildman–Crippen MR) is 200 cm³/mol. The summed E-state index contributed by atoms with van der Waals surface area (Å²) in [7, 11) is 0. The van der Waals surface area contributed by atoms with E-state index in [1.165, 1.54) is 26.9 Å². The third-order valence-electron chi connectivity index (χ3n) is 9.12. The van der Waals surface area contributed by atoms with Crippen LogP contribution in [0.15, 0.2) is 176 Å². The molecule has 1 heterocycles. The van der Waals surface area contributed by atoms with Gasteiger partial charge in [0.05, 0.1) is 0 Å². The van der Waals surface area contributed by atoms with Gasteiger partial charge in [-0.2, -0.15) is 0 Å². The highest BCUT2D eigenvalue weighted by atomic mass is 15.0. The van der Waals surface area contributed by atoms with Crippen molar-refractivity contribution in [3.63, 3.8) is 0 Å². The molecule has 3 heteroatoms. The zero-order chi connectivity index (χ0) is 31.9. The quantitative estimate of drug-likeness (QED) is 0.182. The second-order valence-corrected chi connectivity index (χ2v) is 12.0. The monoisotopic (exact) mass is 611 g/mol. The molecule has 8 aromatic carbocycles. The molecule has 0 spiro atoms. The molecule has 9 rings (SSSR count). The van der Waals surface area contributed by atoms with E-state index in [-0.39, 0.29) is 0 Å². The third kappa shape index (κ3) is 4.99. The van der Waals surface area contributed by atoms with Gasteiger partial charge in [0.15, 0.2) is 17.5 Å². The SMILES string of the molecule is c1ccc(-c2cccc(-c3nc(-c4cccc(-c5ccccc5)c4)nc(-c4cccc5c4ccc4c6ccccc6ccc54)n3)c2)cc1. The average Bonchev–Trinajstić information content (AvgIpc) is 3.18. The summed E-state index contributed by atoms with van der Waals surface area (Å²) in [6, 6.07) is 61.6. The lowest BCUT2D eigenvalue weighted by atomic mass is 9.95. The van der Waals surface area contributed by atoms with Crippen LogP contribution in [0, 0.1) is 0 Å². The number of hydrogen-bond acceptors (Lipinski definition) is 3. The molecule has 9 aromatic rings. The summed E-state index contributed by atoms with van der Waals surface area (Å²) in [6.07, 6.45) is 0. The number of aromatic nitrogens is 3. The first-order valence-electron chi connectivity index (χ1n) is 16.2. The summed E-state index contributed by atoms with van der Waals surface area (Å²) in [5.74, 6) is 1.93. The minimum atomic E-state index is 0.640. The van der Waals surface area contributed by atoms with Crippen LogP contribution in [0.2, 0.25) is 0 Å². The smallest absolute Gasteiger partial charge is 0.164 e. The molecule has 0 saturated heterocycles. The highest BCUT2D eigenvalue weighted by Crippen LogP contribution is 2.36. The molecule has 0 unspecified atom stereocenters. The molecule has 0 bridgehead atoms. The number of rotatable bonds is 5. The first-order chi connectivity index (χ1) is 23.8. The van der Waals surface area contributed by atoms with Crippen molar-refractivity contribution in [1.82, 2.24) is 15.0 Å². The molecule has 1 aromatic heterocycles. The van der Waals surface area contributed by atoms with Crippen molar-refractivity contribution in [2.45, 2.75) is 0 Å². The molecule has 0 atom stereocenters. The molecule has 0 fully saturated rings. The number of benzene rings is 8. The number of nitrogens with zero attached hydrogens (tertiary/aromatic N) is 3. The molecule has 224 valence electrons. The second-order valence-electron chi connectivity index (χ2n) is 12.0. The molecule has 3 nitrogen and oxygen atoms in total. The van der Waals surface area contributed by atoms with E-state index >= 15 is 0 Å². The largest absolute Gasteiger partial charge is 0.208 e. The molecular formula is C45H29N3. The Morgan fingerprint density at radius 2 is 0.688 bits per heavy atom. The van der Waals surface area contributed by atoms with E-state index in [0.29, 0.717) is 17.5 Å². The Kier molecular flexibility index (Phi) is 6.80. The maximum atomic E-state index is 5.17. The Balaban J connectivity index is 1.26. The van der Waals surface area contributed by atoms with Gasteiger partial charge in [0.1, 0.15) is 0 Å². The fourth-order valence-electron chi connectivity index (χ4n) is 6.74. The van der Waals surface area contributed by atoms with E-state index < -0.39 is 0 Å². The van der Waals surface area contributed by atoms with Crippen LogP contribution in [0.25, 0.3) is 88.7 Å². The zero-order valence-corrected chi connectivity index (χ0v) is 26.1. The van der Waals surface area contributed by atoms with Crippen LogP contribution in [-0.2, 0) is 0 Å². The van der Waals surface area contributed by atoms with Crippen molar-refractivity contribution in [1.29, 1.82) is 0 Å². The lowest BCUT2D eigenvalue weighted by Gasteiger charge is -2.13. The Bertz CT molecular complexity index is 2510. The van der Waals surface area contributed by atoms with Crippen molar-refractivity contribution in [3.05, 3.63) is 176 Å². The minimum Gasteiger partial charge on any atom is -0.208 e. The van der Waals surface area contributed by atoms with E-state index in [2.05, 4.69) is 164 Å². The third-order valence-corrected chi connectivity index (χ3v) is 9.12. The molecule has 0 N–H and O–H groups in total. The molecular weight excluding hydrogens is 583 g/mol. The molecule has 48 heavy (non-hydrogen) atoms. The Morgan fingerprint density at radius 3 is 1.35 bits per heavy atom. The zero-order valence-electron chi connectivity index (χ0n) is 26.1. The summed E-state index contributed by atoms with van der Waals surface area (Å²) in [4.78, 5) is 15.5. The van der Waals surface area contributed by atoms with Crippen LogP contribution < -0.4 is 0 Å². The first kappa shape index (κ1) is 27.8. The average molecular weight is 612 g/mol. The van der Waals surface area contributed by atoms with Crippen LogP contribution in [0.4, 0.5) is 0 Å². The predicted octanol–water partition coefficient (Wildman–Crippen LogP) is 11.7. The van der Waals surface area contributed by atoms with Crippen molar-refractivity contribution in [2.75, 3.05) is 0 Å². The molecule has 0 aliphatic rings. The van der Waals surface area contributed by atoms with Crippen molar-refractivity contribution >= 4 is 32.3 Å². The Morgan fingerprint density at radius 1 is 0.250 bits per heavy atom. The van der Waals surface area contributed by atoms with Crippen LogP contribution in [0.5, 0.6) is 0 Å². The normalized spacial score (nSPS) is 11.3. The van der Waals surface area contributed by atoms with Gasteiger partial charge in [0.25, 0.3) is 0 Å². The van der Waals surface area contributed by atoms with Gasteiger partial charge in [-0.15, -0.1) is 0 Å². The van der Waals surface area contributed by atoms with E-state index in [0.717, 1.165) is 44.3 Å². The molecule has 0 aliphatic carbocycles. The van der Waals surface area contributed by atoms with Gasteiger partial charge in [0.2, 0.25) is 0 Å². The van der Waals surface area contributed by atoms with Crippen molar-refractivity contribution < 1.29 is 0 Å². The fourth-order valence-corrected chi connectivity index (χ4v) is 6.74. The fraction of sp³-hybridized carbons (Fsp3) is 0. The van der Waals surface area contributed by atoms with Gasteiger partial charge < -0.3 is 0 Å². The maximum absolute atomic E-state index is 5.17. The van der Waals surface area contributed by atoms with Crippen LogP contribution in [0.3, 0.4) is 0 Å². The van der Waals surface area contributed by atoms with Gasteiger partial charge in [-0.3, -0.25) is 0 Å². The lowest BCUT2D eigenvalue weighted by Crippen LogP contribution is -2.01. The molecule has 0 amide bonds. The summed E-state index contributed by atoms with van der Waals surface area (Å²) >= 11 is 0. The van der Waals surface area contributed by atoms with E-state index in [1.807, 2.05) is 12.1 Å². The maximum Gasteiger partial charge on any atom is 0.164 e. The van der Waals surface area contributed by atoms with Gasteiger partial charge in [0, 0.05) is 16.7 Å². The molecule has 0 saturated carbocycles. The number of hydrogen-bond donors (Lipinski definition) is 0. The van der Waals surface area contributed by atoms with Gasteiger partial charge in [-0.05, 0) is 66.7 Å². The molecule has 0 aliphatic heterocycles. The van der Waals surface area contributed by atoms with Crippen LogP contribution in [-0.4, -0.2) is 15.0 Å². The summed E-state index contributed by atoms with van der Waals surface area (Å²) < 4.78 is 0. The highest BCUT2D eigenvalue weighted by Gasteiger charge is 2.16. The van der Waals surface area contributed by atoms with Gasteiger partial charge >= 0.3 is 0 Å². The van der Waals surface area contributed by atoms with E-state index in [1.54, 1.807) is 0 Å². The topological polar surface area (TPSA) is 38.7 Å². The van der Waals surface area contributed by atoms with E-state index in [4.69, 9.17) is 15.0 Å². The Labute approximate surface area is 278 Å². The van der Waals surface area contributed by atoms with Gasteiger partial charge in [-0.1, -0.05) is 164 Å². The van der Waals surface area contributed by atoms with E-state index in [9.17, 15) is 0 Å². The van der Waals surface area contributed by atoms with Crippen molar-refractivity contribution in [3.8, 4) is 56.4 Å². The standard InChI is InChI=1S/C45H29N3/c1-3-12-30(13-4-1)33-17-9-19-35(28-33)43-46-44(36-20-10-18-34(29-36)31-14-5-2-6-15-31)48-45(47-43)42-23-11-22-38-40-25-24-32-16-7-8-21-37(32)39(40)26-27-41(38)42/h1-29H.